The maximum atomic E-state index is 12.5. The maximum Gasteiger partial charge on any atom is 0.325 e. The van der Waals surface area contributed by atoms with E-state index in [0.717, 1.165) is 0 Å². The summed E-state index contributed by atoms with van der Waals surface area (Å²) in [6.07, 6.45) is 0. The SMILES string of the molecule is CC(C)CN1C(=O)N[C@](C)(c2ccccc2Cl)C1=O. The number of imide groups is 1. The van der Waals surface area contributed by atoms with Crippen LogP contribution in [0, 0.1) is 5.92 Å². The molecule has 1 aliphatic heterocycles. The molecule has 4 nitrogen and oxygen atoms in total. The summed E-state index contributed by atoms with van der Waals surface area (Å²) in [5, 5.41) is 3.22. The molecule has 1 aliphatic rings. The molecule has 1 saturated heterocycles. The van der Waals surface area contributed by atoms with Crippen molar-refractivity contribution in [2.45, 2.75) is 26.3 Å². The fraction of sp³-hybridized carbons (Fsp3) is 0.429. The summed E-state index contributed by atoms with van der Waals surface area (Å²) in [6.45, 7) is 6.02. The number of carbonyl (C=O) groups is 2. The Bertz CT molecular complexity index is 530. The number of halogens is 1. The van der Waals surface area contributed by atoms with Gasteiger partial charge in [-0.15, -0.1) is 0 Å². The van der Waals surface area contributed by atoms with Crippen molar-refractivity contribution in [3.8, 4) is 0 Å². The molecule has 3 amide bonds. The number of rotatable bonds is 3. The zero-order chi connectivity index (χ0) is 14.2. The van der Waals surface area contributed by atoms with Crippen molar-refractivity contribution in [2.75, 3.05) is 6.54 Å². The van der Waals surface area contributed by atoms with E-state index in [4.69, 9.17) is 11.6 Å². The minimum absolute atomic E-state index is 0.225. The Labute approximate surface area is 117 Å². The van der Waals surface area contributed by atoms with Gasteiger partial charge in [0.2, 0.25) is 0 Å². The Hall–Kier alpha value is -1.55. The molecule has 0 radical (unpaired) electrons. The van der Waals surface area contributed by atoms with Gasteiger partial charge in [0.05, 0.1) is 0 Å². The van der Waals surface area contributed by atoms with Crippen LogP contribution in [0.25, 0.3) is 0 Å². The highest BCUT2D eigenvalue weighted by molar-refractivity contribution is 6.32. The minimum atomic E-state index is -1.08. The van der Waals surface area contributed by atoms with Gasteiger partial charge in [0.25, 0.3) is 5.91 Å². The van der Waals surface area contributed by atoms with E-state index in [2.05, 4.69) is 5.32 Å². The van der Waals surface area contributed by atoms with Crippen molar-refractivity contribution < 1.29 is 9.59 Å². The lowest BCUT2D eigenvalue weighted by atomic mass is 9.92. The van der Waals surface area contributed by atoms with Gasteiger partial charge in [-0.3, -0.25) is 9.69 Å². The summed E-state index contributed by atoms with van der Waals surface area (Å²) in [4.78, 5) is 25.7. The van der Waals surface area contributed by atoms with Gasteiger partial charge in [-0.25, -0.2) is 4.79 Å². The van der Waals surface area contributed by atoms with Crippen LogP contribution in [0.3, 0.4) is 0 Å². The summed E-state index contributed by atoms with van der Waals surface area (Å²) in [6, 6.07) is 6.71. The van der Waals surface area contributed by atoms with Crippen molar-refractivity contribution in [2.24, 2.45) is 5.92 Å². The first-order valence-corrected chi connectivity index (χ1v) is 6.63. The molecule has 1 atom stereocenters. The molecule has 0 spiro atoms. The van der Waals surface area contributed by atoms with Crippen molar-refractivity contribution in [3.63, 3.8) is 0 Å². The molecule has 0 saturated carbocycles. The van der Waals surface area contributed by atoms with Gasteiger partial charge >= 0.3 is 6.03 Å². The maximum absolute atomic E-state index is 12.5. The van der Waals surface area contributed by atoms with Crippen LogP contribution >= 0.6 is 11.6 Å². The third kappa shape index (κ3) is 2.32. The third-order valence-electron chi connectivity index (χ3n) is 3.24. The van der Waals surface area contributed by atoms with Crippen LogP contribution in [0.4, 0.5) is 4.79 Å². The molecule has 0 aromatic heterocycles. The topological polar surface area (TPSA) is 49.4 Å². The van der Waals surface area contributed by atoms with Crippen molar-refractivity contribution in [3.05, 3.63) is 34.9 Å². The minimum Gasteiger partial charge on any atom is -0.319 e. The average Bonchev–Trinajstić information content (AvgIpc) is 2.54. The Morgan fingerprint density at radius 3 is 2.53 bits per heavy atom. The molecule has 0 aliphatic carbocycles. The first-order valence-electron chi connectivity index (χ1n) is 6.25. The van der Waals surface area contributed by atoms with Crippen molar-refractivity contribution >= 4 is 23.5 Å². The smallest absolute Gasteiger partial charge is 0.319 e. The second-order valence-electron chi connectivity index (χ2n) is 5.34. The quantitative estimate of drug-likeness (QED) is 0.866. The molecule has 1 aromatic rings. The fourth-order valence-corrected chi connectivity index (χ4v) is 2.60. The Morgan fingerprint density at radius 1 is 1.32 bits per heavy atom. The van der Waals surface area contributed by atoms with E-state index in [1.54, 1.807) is 31.2 Å². The number of hydrogen-bond acceptors (Lipinski definition) is 2. The van der Waals surface area contributed by atoms with E-state index < -0.39 is 5.54 Å². The summed E-state index contributed by atoms with van der Waals surface area (Å²) in [5.41, 5.74) is -0.453. The number of amides is 3. The molecule has 19 heavy (non-hydrogen) atoms. The number of carbonyl (C=O) groups excluding carboxylic acids is 2. The summed E-state index contributed by atoms with van der Waals surface area (Å²) in [7, 11) is 0. The first-order chi connectivity index (χ1) is 8.86. The normalized spacial score (nSPS) is 23.1. The van der Waals surface area contributed by atoms with Crippen LogP contribution < -0.4 is 5.32 Å². The van der Waals surface area contributed by atoms with Crippen LogP contribution in [-0.2, 0) is 10.3 Å². The summed E-state index contributed by atoms with van der Waals surface area (Å²) >= 11 is 6.14. The van der Waals surface area contributed by atoms with Crippen molar-refractivity contribution in [1.29, 1.82) is 0 Å². The first kappa shape index (κ1) is 13.9. The third-order valence-corrected chi connectivity index (χ3v) is 3.56. The predicted molar refractivity (Wildman–Crippen MR) is 73.9 cm³/mol. The zero-order valence-electron chi connectivity index (χ0n) is 11.2. The van der Waals surface area contributed by atoms with Crippen LogP contribution in [0.5, 0.6) is 0 Å². The molecule has 1 aromatic carbocycles. The lowest BCUT2D eigenvalue weighted by molar-refractivity contribution is -0.131. The van der Waals surface area contributed by atoms with Gasteiger partial charge in [-0.2, -0.15) is 0 Å². The number of benzene rings is 1. The second-order valence-corrected chi connectivity index (χ2v) is 5.75. The molecule has 1 heterocycles. The molecule has 102 valence electrons. The highest BCUT2D eigenvalue weighted by Gasteiger charge is 2.49. The zero-order valence-corrected chi connectivity index (χ0v) is 12.0. The van der Waals surface area contributed by atoms with Gasteiger partial charge in [0.1, 0.15) is 5.54 Å². The Kier molecular flexibility index (Phi) is 3.54. The van der Waals surface area contributed by atoms with Crippen LogP contribution in [0.2, 0.25) is 5.02 Å². The van der Waals surface area contributed by atoms with E-state index in [1.807, 2.05) is 13.8 Å². The molecule has 5 heteroatoms. The molecular weight excluding hydrogens is 264 g/mol. The molecule has 0 bridgehead atoms. The standard InChI is InChI=1S/C14H17ClN2O2/c1-9(2)8-17-12(18)14(3,16-13(17)19)10-6-4-5-7-11(10)15/h4-7,9H,8H2,1-3H3,(H,16,19)/t14-/m1/s1. The molecule has 2 rings (SSSR count). The highest BCUT2D eigenvalue weighted by atomic mass is 35.5. The molecule has 0 unspecified atom stereocenters. The second kappa shape index (κ2) is 4.85. The largest absolute Gasteiger partial charge is 0.325 e. The highest BCUT2D eigenvalue weighted by Crippen LogP contribution is 2.33. The monoisotopic (exact) mass is 280 g/mol. The van der Waals surface area contributed by atoms with E-state index in [-0.39, 0.29) is 17.9 Å². The number of hydrogen-bond donors (Lipinski definition) is 1. The van der Waals surface area contributed by atoms with E-state index in [0.29, 0.717) is 17.1 Å². The molecule has 1 fully saturated rings. The van der Waals surface area contributed by atoms with Gasteiger partial charge in [-0.1, -0.05) is 43.6 Å². The van der Waals surface area contributed by atoms with Gasteiger partial charge in [-0.05, 0) is 18.9 Å². The van der Waals surface area contributed by atoms with Crippen molar-refractivity contribution in [1.82, 2.24) is 10.2 Å². The van der Waals surface area contributed by atoms with E-state index in [9.17, 15) is 9.59 Å². The predicted octanol–water partition coefficient (Wildman–Crippen LogP) is 2.76. The van der Waals surface area contributed by atoms with Crippen LogP contribution in [0.1, 0.15) is 26.3 Å². The van der Waals surface area contributed by atoms with E-state index in [1.165, 1.54) is 4.90 Å². The number of nitrogens with zero attached hydrogens (tertiary/aromatic N) is 1. The molecular formula is C14H17ClN2O2. The van der Waals surface area contributed by atoms with Gasteiger partial charge in [0, 0.05) is 17.1 Å². The summed E-state index contributed by atoms with van der Waals surface area (Å²) in [5.74, 6) is -0.0254. The lowest BCUT2D eigenvalue weighted by Crippen LogP contribution is -2.41. The summed E-state index contributed by atoms with van der Waals surface area (Å²) < 4.78 is 0. The van der Waals surface area contributed by atoms with Crippen LogP contribution in [0.15, 0.2) is 24.3 Å². The number of nitrogens with one attached hydrogen (secondary N) is 1. The van der Waals surface area contributed by atoms with Crippen LogP contribution in [-0.4, -0.2) is 23.4 Å². The van der Waals surface area contributed by atoms with Gasteiger partial charge in [0.15, 0.2) is 0 Å². The Morgan fingerprint density at radius 2 is 1.95 bits per heavy atom. The number of urea groups is 1. The fourth-order valence-electron chi connectivity index (χ4n) is 2.28. The van der Waals surface area contributed by atoms with Gasteiger partial charge < -0.3 is 5.32 Å². The Balaban J connectivity index is 2.39. The molecule has 1 N–H and O–H groups in total. The van der Waals surface area contributed by atoms with E-state index >= 15 is 0 Å². The average molecular weight is 281 g/mol. The lowest BCUT2D eigenvalue weighted by Gasteiger charge is -2.23.